The number of pyridine rings is 1. The van der Waals surface area contributed by atoms with Gasteiger partial charge in [0.05, 0.1) is 17.9 Å². The van der Waals surface area contributed by atoms with Gasteiger partial charge in [-0.05, 0) is 30.2 Å². The van der Waals surface area contributed by atoms with Gasteiger partial charge in [-0.1, -0.05) is 41.6 Å². The van der Waals surface area contributed by atoms with E-state index < -0.39 is 0 Å². The molecule has 0 spiro atoms. The number of carbonyl (C=O) groups is 1. The number of amides is 1. The molecule has 2 rings (SSSR count). The van der Waals surface area contributed by atoms with Gasteiger partial charge in [-0.25, -0.2) is 4.98 Å². The second-order valence-electron chi connectivity index (χ2n) is 4.49. The van der Waals surface area contributed by atoms with E-state index in [1.54, 1.807) is 25.4 Å². The van der Waals surface area contributed by atoms with Crippen LogP contribution in [0.4, 0.5) is 0 Å². The highest BCUT2D eigenvalue weighted by atomic mass is 35.5. The van der Waals surface area contributed by atoms with Crippen molar-refractivity contribution in [1.29, 1.82) is 0 Å². The molecular weight excluding hydrogens is 320 g/mol. The molecule has 2 aromatic rings. The Morgan fingerprint density at radius 1 is 1.32 bits per heavy atom. The lowest BCUT2D eigenvalue weighted by atomic mass is 10.1. The van der Waals surface area contributed by atoms with Gasteiger partial charge in [-0.15, -0.1) is 0 Å². The van der Waals surface area contributed by atoms with Gasteiger partial charge in [0.15, 0.2) is 0 Å². The summed E-state index contributed by atoms with van der Waals surface area (Å²) in [5.41, 5.74) is 1.07. The van der Waals surface area contributed by atoms with Gasteiger partial charge in [0, 0.05) is 12.7 Å². The Hall–Kier alpha value is -1.72. The number of nitrogens with zero attached hydrogens (tertiary/aromatic N) is 1. The first-order chi connectivity index (χ1) is 10.7. The number of hydrogen-bond acceptors (Lipinski definition) is 4. The van der Waals surface area contributed by atoms with Crippen LogP contribution in [-0.2, 0) is 11.2 Å². The highest BCUT2D eigenvalue weighted by molar-refractivity contribution is 8.00. The number of aromatic nitrogens is 1. The van der Waals surface area contributed by atoms with Crippen molar-refractivity contribution in [2.45, 2.75) is 11.4 Å². The molecule has 0 aliphatic carbocycles. The second-order valence-corrected chi connectivity index (χ2v) is 5.86. The van der Waals surface area contributed by atoms with E-state index in [9.17, 15) is 4.79 Å². The SMILES string of the molecule is COc1ccccc1CCNC(=O)CSc1ncccc1Cl. The lowest BCUT2D eigenvalue weighted by Gasteiger charge is -2.09. The molecule has 0 fully saturated rings. The topological polar surface area (TPSA) is 51.2 Å². The van der Waals surface area contributed by atoms with E-state index in [1.807, 2.05) is 24.3 Å². The number of halogens is 1. The van der Waals surface area contributed by atoms with E-state index in [-0.39, 0.29) is 5.91 Å². The zero-order valence-electron chi connectivity index (χ0n) is 12.2. The van der Waals surface area contributed by atoms with Crippen LogP contribution < -0.4 is 10.1 Å². The van der Waals surface area contributed by atoms with Crippen LogP contribution in [0.5, 0.6) is 5.75 Å². The maximum absolute atomic E-state index is 11.8. The van der Waals surface area contributed by atoms with E-state index in [0.29, 0.717) is 22.3 Å². The number of rotatable bonds is 7. The average molecular weight is 337 g/mol. The van der Waals surface area contributed by atoms with Gasteiger partial charge >= 0.3 is 0 Å². The van der Waals surface area contributed by atoms with Crippen molar-refractivity contribution in [3.05, 3.63) is 53.2 Å². The number of hydrogen-bond donors (Lipinski definition) is 1. The van der Waals surface area contributed by atoms with Crippen LogP contribution in [0.15, 0.2) is 47.6 Å². The van der Waals surface area contributed by atoms with Gasteiger partial charge in [-0.3, -0.25) is 4.79 Å². The molecule has 1 N–H and O–H groups in total. The summed E-state index contributed by atoms with van der Waals surface area (Å²) in [6.45, 7) is 0.565. The summed E-state index contributed by atoms with van der Waals surface area (Å²) in [6, 6.07) is 11.3. The van der Waals surface area contributed by atoms with Crippen molar-refractivity contribution in [3.8, 4) is 5.75 Å². The predicted octanol–water partition coefficient (Wildman–Crippen LogP) is 3.19. The second kappa shape index (κ2) is 8.66. The van der Waals surface area contributed by atoms with E-state index in [4.69, 9.17) is 16.3 Å². The largest absolute Gasteiger partial charge is 0.496 e. The molecule has 1 amide bonds. The molecule has 22 heavy (non-hydrogen) atoms. The number of thioether (sulfide) groups is 1. The first kappa shape index (κ1) is 16.6. The molecule has 0 unspecified atom stereocenters. The number of nitrogens with one attached hydrogen (secondary N) is 1. The number of para-hydroxylation sites is 1. The van der Waals surface area contributed by atoms with Crippen LogP contribution in [-0.4, -0.2) is 30.3 Å². The standard InChI is InChI=1S/C16H17ClN2O2S/c1-21-14-7-3-2-5-12(14)8-10-18-15(20)11-22-16-13(17)6-4-9-19-16/h2-7,9H,8,10-11H2,1H3,(H,18,20). The van der Waals surface area contributed by atoms with Gasteiger partial charge in [0.1, 0.15) is 10.8 Å². The molecule has 6 heteroatoms. The van der Waals surface area contributed by atoms with E-state index >= 15 is 0 Å². The third-order valence-electron chi connectivity index (χ3n) is 2.97. The minimum Gasteiger partial charge on any atom is -0.496 e. The summed E-state index contributed by atoms with van der Waals surface area (Å²) in [5, 5.41) is 4.12. The fourth-order valence-electron chi connectivity index (χ4n) is 1.91. The minimum absolute atomic E-state index is 0.0402. The quantitative estimate of drug-likeness (QED) is 0.789. The van der Waals surface area contributed by atoms with Gasteiger partial charge in [-0.2, -0.15) is 0 Å². The molecule has 1 aromatic heterocycles. The molecular formula is C16H17ClN2O2S. The van der Waals surface area contributed by atoms with Crippen molar-refractivity contribution in [1.82, 2.24) is 10.3 Å². The number of carbonyl (C=O) groups excluding carboxylic acids is 1. The highest BCUT2D eigenvalue weighted by Gasteiger charge is 2.07. The Balaban J connectivity index is 1.75. The zero-order valence-corrected chi connectivity index (χ0v) is 13.8. The lowest BCUT2D eigenvalue weighted by Crippen LogP contribution is -2.27. The molecule has 1 aromatic carbocycles. The first-order valence-corrected chi connectivity index (χ1v) is 8.19. The summed E-state index contributed by atoms with van der Waals surface area (Å²) in [7, 11) is 1.64. The van der Waals surface area contributed by atoms with E-state index in [2.05, 4.69) is 10.3 Å². The molecule has 1 heterocycles. The Labute approximate surface area is 139 Å². The molecule has 0 saturated carbocycles. The van der Waals surface area contributed by atoms with Crippen molar-refractivity contribution in [3.63, 3.8) is 0 Å². The van der Waals surface area contributed by atoms with Crippen molar-refractivity contribution in [2.75, 3.05) is 19.4 Å². The van der Waals surface area contributed by atoms with Crippen LogP contribution in [0, 0.1) is 0 Å². The van der Waals surface area contributed by atoms with Gasteiger partial charge in [0.2, 0.25) is 5.91 Å². The fraction of sp³-hybridized carbons (Fsp3) is 0.250. The molecule has 0 aliphatic rings. The highest BCUT2D eigenvalue weighted by Crippen LogP contribution is 2.23. The molecule has 0 radical (unpaired) electrons. The fourth-order valence-corrected chi connectivity index (χ4v) is 2.90. The first-order valence-electron chi connectivity index (χ1n) is 6.82. The summed E-state index contributed by atoms with van der Waals surface area (Å²) >= 11 is 7.33. The van der Waals surface area contributed by atoms with Gasteiger partial charge < -0.3 is 10.1 Å². The maximum Gasteiger partial charge on any atom is 0.230 e. The van der Waals surface area contributed by atoms with Crippen LogP contribution in [0.2, 0.25) is 5.02 Å². The van der Waals surface area contributed by atoms with E-state index in [1.165, 1.54) is 11.8 Å². The Morgan fingerprint density at radius 2 is 2.14 bits per heavy atom. The summed E-state index contributed by atoms with van der Waals surface area (Å²) in [6.07, 6.45) is 2.39. The van der Waals surface area contributed by atoms with Crippen LogP contribution in [0.3, 0.4) is 0 Å². The Morgan fingerprint density at radius 3 is 2.91 bits per heavy atom. The smallest absolute Gasteiger partial charge is 0.230 e. The summed E-state index contributed by atoms with van der Waals surface area (Å²) in [4.78, 5) is 16.0. The van der Waals surface area contributed by atoms with Gasteiger partial charge in [0.25, 0.3) is 0 Å². The third-order valence-corrected chi connectivity index (χ3v) is 4.40. The predicted molar refractivity (Wildman–Crippen MR) is 89.7 cm³/mol. The molecule has 116 valence electrons. The Kier molecular flexibility index (Phi) is 6.55. The van der Waals surface area contributed by atoms with Crippen LogP contribution in [0.25, 0.3) is 0 Å². The lowest BCUT2D eigenvalue weighted by molar-refractivity contribution is -0.118. The summed E-state index contributed by atoms with van der Waals surface area (Å²) < 4.78 is 5.28. The Bertz CT molecular complexity index is 637. The zero-order chi connectivity index (χ0) is 15.8. The molecule has 0 saturated heterocycles. The summed E-state index contributed by atoms with van der Waals surface area (Å²) in [5.74, 6) is 1.09. The molecule has 0 bridgehead atoms. The number of ether oxygens (including phenoxy) is 1. The third kappa shape index (κ3) is 4.93. The van der Waals surface area contributed by atoms with Crippen molar-refractivity contribution >= 4 is 29.3 Å². The number of benzene rings is 1. The minimum atomic E-state index is -0.0402. The average Bonchev–Trinajstić information content (AvgIpc) is 2.54. The maximum atomic E-state index is 11.8. The normalized spacial score (nSPS) is 10.3. The van der Waals surface area contributed by atoms with Crippen LogP contribution in [0.1, 0.15) is 5.56 Å². The molecule has 4 nitrogen and oxygen atoms in total. The van der Waals surface area contributed by atoms with E-state index in [0.717, 1.165) is 17.7 Å². The molecule has 0 aliphatic heterocycles. The molecule has 0 atom stereocenters. The van der Waals surface area contributed by atoms with Crippen molar-refractivity contribution in [2.24, 2.45) is 0 Å². The monoisotopic (exact) mass is 336 g/mol. The van der Waals surface area contributed by atoms with Crippen LogP contribution >= 0.6 is 23.4 Å². The van der Waals surface area contributed by atoms with Crippen molar-refractivity contribution < 1.29 is 9.53 Å². The number of methoxy groups -OCH3 is 1.